The van der Waals surface area contributed by atoms with Crippen molar-refractivity contribution >= 4 is 32.7 Å². The van der Waals surface area contributed by atoms with Gasteiger partial charge in [0, 0.05) is 5.39 Å². The van der Waals surface area contributed by atoms with Crippen LogP contribution in [0.2, 0.25) is 0 Å². The van der Waals surface area contributed by atoms with Gasteiger partial charge in [-0.3, -0.25) is 9.78 Å². The van der Waals surface area contributed by atoms with Gasteiger partial charge >= 0.3 is 0 Å². The Kier molecular flexibility index (Phi) is 3.52. The van der Waals surface area contributed by atoms with Crippen LogP contribution in [0, 0.1) is 0 Å². The fourth-order valence-corrected chi connectivity index (χ4v) is 2.21. The van der Waals surface area contributed by atoms with Crippen molar-refractivity contribution in [3.63, 3.8) is 0 Å². The number of hydrogen-bond donors (Lipinski definition) is 1. The molecule has 1 aromatic carbocycles. The zero-order chi connectivity index (χ0) is 13.9. The highest BCUT2D eigenvalue weighted by Gasteiger charge is 2.10. The van der Waals surface area contributed by atoms with Crippen molar-refractivity contribution in [3.8, 4) is 0 Å². The van der Waals surface area contributed by atoms with Crippen molar-refractivity contribution in [3.05, 3.63) is 64.7 Å². The highest BCUT2D eigenvalue weighted by Crippen LogP contribution is 2.14. The molecule has 0 saturated carbocycles. The summed E-state index contributed by atoms with van der Waals surface area (Å²) in [4.78, 5) is 16.3. The van der Waals surface area contributed by atoms with Gasteiger partial charge in [0.15, 0.2) is 10.4 Å². The Morgan fingerprint density at radius 3 is 2.80 bits per heavy atom. The van der Waals surface area contributed by atoms with Gasteiger partial charge in [-0.2, -0.15) is 0 Å². The molecule has 5 heteroatoms. The molecule has 4 nitrogen and oxygen atoms in total. The Hall–Kier alpha value is -2.14. The first-order valence-electron chi connectivity index (χ1n) is 6.10. The predicted molar refractivity (Wildman–Crippen MR) is 79.3 cm³/mol. The zero-order valence-corrected chi connectivity index (χ0v) is 12.1. The van der Waals surface area contributed by atoms with E-state index >= 15 is 0 Å². The molecule has 0 saturated heterocycles. The minimum absolute atomic E-state index is 0.259. The number of hydrogen-bond acceptors (Lipinski definition) is 3. The standard InChI is InChI=1S/C15H11BrN2O2/c16-14-8-7-13(20-14)15(19)17-9-11-6-5-10-3-1-2-4-12(10)18-11/h1-8H,9H2,(H,17,19). The number of para-hydroxylation sites is 1. The molecule has 1 N–H and O–H groups in total. The lowest BCUT2D eigenvalue weighted by Gasteiger charge is -2.04. The van der Waals surface area contributed by atoms with E-state index in [4.69, 9.17) is 4.42 Å². The van der Waals surface area contributed by atoms with Crippen LogP contribution in [0.15, 0.2) is 57.6 Å². The number of aromatic nitrogens is 1. The van der Waals surface area contributed by atoms with Gasteiger partial charge in [-0.25, -0.2) is 0 Å². The number of carbonyl (C=O) groups excluding carboxylic acids is 1. The van der Waals surface area contributed by atoms with E-state index in [-0.39, 0.29) is 11.7 Å². The molecule has 1 amide bonds. The second-order valence-electron chi connectivity index (χ2n) is 4.28. The number of rotatable bonds is 3. The van der Waals surface area contributed by atoms with Crippen molar-refractivity contribution in [1.29, 1.82) is 0 Å². The van der Waals surface area contributed by atoms with E-state index in [0.29, 0.717) is 11.2 Å². The molecular weight excluding hydrogens is 320 g/mol. The van der Waals surface area contributed by atoms with Crippen LogP contribution in [0.4, 0.5) is 0 Å². The van der Waals surface area contributed by atoms with E-state index in [1.165, 1.54) is 0 Å². The molecule has 0 atom stereocenters. The Morgan fingerprint density at radius 1 is 1.15 bits per heavy atom. The van der Waals surface area contributed by atoms with Gasteiger partial charge in [0.2, 0.25) is 0 Å². The Labute approximate surface area is 123 Å². The number of amides is 1. The summed E-state index contributed by atoms with van der Waals surface area (Å²) in [5, 5.41) is 3.86. The van der Waals surface area contributed by atoms with Gasteiger partial charge in [-0.15, -0.1) is 0 Å². The maximum absolute atomic E-state index is 11.8. The van der Waals surface area contributed by atoms with Crippen LogP contribution in [0.25, 0.3) is 10.9 Å². The van der Waals surface area contributed by atoms with Crippen LogP contribution in [-0.4, -0.2) is 10.9 Å². The fourth-order valence-electron chi connectivity index (χ4n) is 1.90. The molecule has 0 aliphatic heterocycles. The van der Waals surface area contributed by atoms with E-state index in [9.17, 15) is 4.79 Å². The summed E-state index contributed by atoms with van der Waals surface area (Å²) in [5.74, 6) is 0.0170. The quantitative estimate of drug-likeness (QED) is 0.799. The first kappa shape index (κ1) is 12.9. The van der Waals surface area contributed by atoms with Crippen molar-refractivity contribution in [2.24, 2.45) is 0 Å². The van der Waals surface area contributed by atoms with Crippen LogP contribution in [0.3, 0.4) is 0 Å². The normalized spacial score (nSPS) is 10.7. The molecular formula is C15H11BrN2O2. The highest BCUT2D eigenvalue weighted by atomic mass is 79.9. The van der Waals surface area contributed by atoms with Crippen LogP contribution in [-0.2, 0) is 6.54 Å². The van der Waals surface area contributed by atoms with E-state index in [1.807, 2.05) is 36.4 Å². The van der Waals surface area contributed by atoms with E-state index in [1.54, 1.807) is 12.1 Å². The summed E-state index contributed by atoms with van der Waals surface area (Å²) in [6.07, 6.45) is 0. The summed E-state index contributed by atoms with van der Waals surface area (Å²) < 4.78 is 5.72. The summed E-state index contributed by atoms with van der Waals surface area (Å²) >= 11 is 3.16. The van der Waals surface area contributed by atoms with Crippen molar-refractivity contribution in [1.82, 2.24) is 10.3 Å². The monoisotopic (exact) mass is 330 g/mol. The molecule has 0 aliphatic rings. The van der Waals surface area contributed by atoms with Crippen LogP contribution in [0.1, 0.15) is 16.2 Å². The molecule has 2 heterocycles. The number of carbonyl (C=O) groups is 1. The average Bonchev–Trinajstić information content (AvgIpc) is 2.91. The number of fused-ring (bicyclic) bond motifs is 1. The van der Waals surface area contributed by atoms with Crippen LogP contribution < -0.4 is 5.32 Å². The summed E-state index contributed by atoms with van der Waals surface area (Å²) in [6, 6.07) is 15.1. The number of nitrogens with zero attached hydrogens (tertiary/aromatic N) is 1. The lowest BCUT2D eigenvalue weighted by molar-refractivity contribution is 0.0921. The number of furan rings is 1. The van der Waals surface area contributed by atoms with Gasteiger partial charge in [0.25, 0.3) is 5.91 Å². The number of halogens is 1. The lowest BCUT2D eigenvalue weighted by atomic mass is 10.2. The third-order valence-corrected chi connectivity index (χ3v) is 3.31. The Balaban J connectivity index is 1.72. The molecule has 0 unspecified atom stereocenters. The minimum Gasteiger partial charge on any atom is -0.444 e. The van der Waals surface area contributed by atoms with Gasteiger partial charge in [0.05, 0.1) is 17.8 Å². The molecule has 3 aromatic rings. The number of pyridine rings is 1. The zero-order valence-electron chi connectivity index (χ0n) is 10.5. The smallest absolute Gasteiger partial charge is 0.287 e. The molecule has 0 spiro atoms. The summed E-state index contributed by atoms with van der Waals surface area (Å²) in [6.45, 7) is 0.363. The Morgan fingerprint density at radius 2 is 2.00 bits per heavy atom. The third kappa shape index (κ3) is 2.72. The first-order chi connectivity index (χ1) is 9.72. The summed E-state index contributed by atoms with van der Waals surface area (Å²) in [7, 11) is 0. The largest absolute Gasteiger partial charge is 0.444 e. The second kappa shape index (κ2) is 5.46. The average molecular weight is 331 g/mol. The maximum Gasteiger partial charge on any atom is 0.287 e. The lowest BCUT2D eigenvalue weighted by Crippen LogP contribution is -2.22. The molecule has 100 valence electrons. The Bertz CT molecular complexity index is 767. The maximum atomic E-state index is 11.8. The van der Waals surface area contributed by atoms with Gasteiger partial charge in [0.1, 0.15) is 0 Å². The van der Waals surface area contributed by atoms with E-state index in [2.05, 4.69) is 26.2 Å². The molecule has 0 fully saturated rings. The summed E-state index contributed by atoms with van der Waals surface area (Å²) in [5.41, 5.74) is 1.72. The fraction of sp³-hybridized carbons (Fsp3) is 0.0667. The van der Waals surface area contributed by atoms with Crippen molar-refractivity contribution in [2.45, 2.75) is 6.54 Å². The van der Waals surface area contributed by atoms with Crippen LogP contribution >= 0.6 is 15.9 Å². The predicted octanol–water partition coefficient (Wildman–Crippen LogP) is 3.52. The first-order valence-corrected chi connectivity index (χ1v) is 6.90. The van der Waals surface area contributed by atoms with Gasteiger partial charge in [-0.05, 0) is 40.2 Å². The van der Waals surface area contributed by atoms with Crippen molar-refractivity contribution < 1.29 is 9.21 Å². The molecule has 0 bridgehead atoms. The second-order valence-corrected chi connectivity index (χ2v) is 5.06. The van der Waals surface area contributed by atoms with E-state index in [0.717, 1.165) is 16.6 Å². The minimum atomic E-state index is -0.259. The van der Waals surface area contributed by atoms with E-state index < -0.39 is 0 Å². The molecule has 0 radical (unpaired) electrons. The van der Waals surface area contributed by atoms with Crippen LogP contribution in [0.5, 0.6) is 0 Å². The number of nitrogens with one attached hydrogen (secondary N) is 1. The molecule has 2 aromatic heterocycles. The number of benzene rings is 1. The highest BCUT2D eigenvalue weighted by molar-refractivity contribution is 9.10. The third-order valence-electron chi connectivity index (χ3n) is 2.88. The topological polar surface area (TPSA) is 55.1 Å². The van der Waals surface area contributed by atoms with Crippen molar-refractivity contribution in [2.75, 3.05) is 0 Å². The molecule has 20 heavy (non-hydrogen) atoms. The molecule has 0 aliphatic carbocycles. The van der Waals surface area contributed by atoms with Gasteiger partial charge < -0.3 is 9.73 Å². The van der Waals surface area contributed by atoms with Gasteiger partial charge in [-0.1, -0.05) is 24.3 Å². The molecule has 3 rings (SSSR count). The SMILES string of the molecule is O=C(NCc1ccc2ccccc2n1)c1ccc(Br)o1.